The van der Waals surface area contributed by atoms with Crippen molar-refractivity contribution in [2.24, 2.45) is 0 Å². The van der Waals surface area contributed by atoms with Crippen molar-refractivity contribution in [2.75, 3.05) is 17.1 Å². The first-order chi connectivity index (χ1) is 15.3. The van der Waals surface area contributed by atoms with Crippen LogP contribution in [0.3, 0.4) is 0 Å². The van der Waals surface area contributed by atoms with Gasteiger partial charge in [-0.1, -0.05) is 11.6 Å². The van der Waals surface area contributed by atoms with Gasteiger partial charge >= 0.3 is 0 Å². The maximum atomic E-state index is 12.8. The third-order valence-corrected chi connectivity index (χ3v) is 6.03. The lowest BCUT2D eigenvalue weighted by Crippen LogP contribution is -2.14. The number of aryl methyl sites for hydroxylation is 1. The lowest BCUT2D eigenvalue weighted by Gasteiger charge is -2.13. The maximum Gasteiger partial charge on any atom is 0.265 e. The number of nitrogens with one attached hydrogen (secondary N) is 2. The van der Waals surface area contributed by atoms with Crippen LogP contribution in [-0.4, -0.2) is 35.3 Å². The maximum absolute atomic E-state index is 12.8. The topological polar surface area (TPSA) is 111 Å². The molecule has 4 aromatic rings. The van der Waals surface area contributed by atoms with Crippen molar-refractivity contribution in [3.63, 3.8) is 0 Å². The van der Waals surface area contributed by atoms with Crippen molar-refractivity contribution in [3.8, 4) is 11.6 Å². The second-order valence-corrected chi connectivity index (χ2v) is 8.80. The lowest BCUT2D eigenvalue weighted by molar-refractivity contribution is 0.403. The van der Waals surface area contributed by atoms with E-state index in [4.69, 9.17) is 16.3 Å². The Bertz CT molecular complexity index is 1340. The third kappa shape index (κ3) is 4.82. The highest BCUT2D eigenvalue weighted by molar-refractivity contribution is 7.92. The number of methoxy groups -OCH3 is 1. The van der Waals surface area contributed by atoms with E-state index < -0.39 is 10.0 Å². The van der Waals surface area contributed by atoms with Crippen molar-refractivity contribution in [1.82, 2.24) is 19.7 Å². The van der Waals surface area contributed by atoms with Crippen LogP contribution >= 0.6 is 11.6 Å². The van der Waals surface area contributed by atoms with E-state index in [0.29, 0.717) is 28.2 Å². The molecule has 164 valence electrons. The molecule has 2 N–H and O–H groups in total. The van der Waals surface area contributed by atoms with Crippen molar-refractivity contribution >= 4 is 38.8 Å². The van der Waals surface area contributed by atoms with Gasteiger partial charge in [0.2, 0.25) is 0 Å². The van der Waals surface area contributed by atoms with Gasteiger partial charge in [-0.3, -0.25) is 4.72 Å². The second-order valence-electron chi connectivity index (χ2n) is 6.71. The molecule has 0 spiro atoms. The van der Waals surface area contributed by atoms with Crippen LogP contribution in [0, 0.1) is 6.92 Å². The zero-order valence-electron chi connectivity index (χ0n) is 17.2. The van der Waals surface area contributed by atoms with Crippen molar-refractivity contribution in [2.45, 2.75) is 11.8 Å². The summed E-state index contributed by atoms with van der Waals surface area (Å²) < 4.78 is 34.9. The van der Waals surface area contributed by atoms with E-state index in [2.05, 4.69) is 25.1 Å². The SMILES string of the molecule is COc1ccc(Cl)cc1S(=O)(=O)Nc1ccc(Nc2cc(-n3cccn3)nc(C)n2)cc1. The highest BCUT2D eigenvalue weighted by atomic mass is 35.5. The molecule has 0 saturated carbocycles. The van der Waals surface area contributed by atoms with Gasteiger partial charge in [-0.25, -0.2) is 23.1 Å². The van der Waals surface area contributed by atoms with E-state index in [1.165, 1.54) is 19.2 Å². The summed E-state index contributed by atoms with van der Waals surface area (Å²) in [6, 6.07) is 14.7. The summed E-state index contributed by atoms with van der Waals surface area (Å²) in [6.07, 6.45) is 3.46. The number of halogens is 1. The van der Waals surface area contributed by atoms with Crippen LogP contribution in [0.5, 0.6) is 5.75 Å². The largest absolute Gasteiger partial charge is 0.495 e. The molecule has 2 heterocycles. The minimum Gasteiger partial charge on any atom is -0.495 e. The molecule has 0 saturated heterocycles. The quantitative estimate of drug-likeness (QED) is 0.416. The van der Waals surface area contributed by atoms with E-state index in [1.807, 2.05) is 6.07 Å². The first-order valence-electron chi connectivity index (χ1n) is 9.43. The Morgan fingerprint density at radius 2 is 1.78 bits per heavy atom. The molecular weight excluding hydrogens is 452 g/mol. The number of anilines is 3. The van der Waals surface area contributed by atoms with Gasteiger partial charge in [0.15, 0.2) is 5.82 Å². The number of nitrogens with zero attached hydrogens (tertiary/aromatic N) is 4. The van der Waals surface area contributed by atoms with Crippen LogP contribution in [0.1, 0.15) is 5.82 Å². The lowest BCUT2D eigenvalue weighted by atomic mass is 10.3. The molecule has 0 radical (unpaired) electrons. The fourth-order valence-electron chi connectivity index (χ4n) is 2.98. The molecule has 0 aliphatic carbocycles. The van der Waals surface area contributed by atoms with Crippen molar-refractivity contribution in [1.29, 1.82) is 0 Å². The Kier molecular flexibility index (Phi) is 5.97. The molecule has 4 rings (SSSR count). The Morgan fingerprint density at radius 3 is 2.47 bits per heavy atom. The zero-order chi connectivity index (χ0) is 22.7. The summed E-state index contributed by atoms with van der Waals surface area (Å²) in [5.41, 5.74) is 1.10. The van der Waals surface area contributed by atoms with Crippen LogP contribution in [0.2, 0.25) is 5.02 Å². The van der Waals surface area contributed by atoms with Gasteiger partial charge in [0.1, 0.15) is 22.3 Å². The Morgan fingerprint density at radius 1 is 1.03 bits per heavy atom. The predicted octanol–water partition coefficient (Wildman–Crippen LogP) is 4.18. The van der Waals surface area contributed by atoms with Crippen LogP contribution in [0.15, 0.2) is 71.9 Å². The Balaban J connectivity index is 1.53. The van der Waals surface area contributed by atoms with Crippen molar-refractivity contribution < 1.29 is 13.2 Å². The summed E-state index contributed by atoms with van der Waals surface area (Å²) >= 11 is 5.96. The predicted molar refractivity (Wildman–Crippen MR) is 122 cm³/mol. The minimum absolute atomic E-state index is 0.0442. The number of benzene rings is 2. The van der Waals surface area contributed by atoms with Gasteiger partial charge in [0, 0.05) is 34.9 Å². The summed E-state index contributed by atoms with van der Waals surface area (Å²) in [5, 5.41) is 7.66. The molecule has 0 aliphatic rings. The molecule has 0 bridgehead atoms. The number of ether oxygens (including phenoxy) is 1. The number of sulfonamides is 1. The van der Waals surface area contributed by atoms with Gasteiger partial charge in [-0.15, -0.1) is 0 Å². The van der Waals surface area contributed by atoms with E-state index in [9.17, 15) is 8.42 Å². The summed E-state index contributed by atoms with van der Waals surface area (Å²) in [5.74, 6) is 2.00. The highest BCUT2D eigenvalue weighted by Crippen LogP contribution is 2.29. The first-order valence-corrected chi connectivity index (χ1v) is 11.3. The van der Waals surface area contributed by atoms with E-state index in [-0.39, 0.29) is 10.6 Å². The zero-order valence-corrected chi connectivity index (χ0v) is 18.7. The summed E-state index contributed by atoms with van der Waals surface area (Å²) in [6.45, 7) is 1.79. The first kappa shape index (κ1) is 21.6. The highest BCUT2D eigenvalue weighted by Gasteiger charge is 2.20. The Hall–Kier alpha value is -3.63. The molecule has 11 heteroatoms. The summed E-state index contributed by atoms with van der Waals surface area (Å²) in [7, 11) is -2.50. The van der Waals surface area contributed by atoms with Crippen LogP contribution < -0.4 is 14.8 Å². The number of hydrogen-bond acceptors (Lipinski definition) is 7. The van der Waals surface area contributed by atoms with Crippen molar-refractivity contribution in [3.05, 3.63) is 77.8 Å². The number of hydrogen-bond donors (Lipinski definition) is 2. The smallest absolute Gasteiger partial charge is 0.265 e. The van der Waals surface area contributed by atoms with E-state index in [0.717, 1.165) is 5.69 Å². The monoisotopic (exact) mass is 470 g/mol. The normalized spacial score (nSPS) is 11.2. The van der Waals surface area contributed by atoms with Gasteiger partial charge in [-0.05, 0) is 55.5 Å². The molecule has 9 nitrogen and oxygen atoms in total. The van der Waals surface area contributed by atoms with Crippen LogP contribution in [0.4, 0.5) is 17.2 Å². The van der Waals surface area contributed by atoms with Gasteiger partial charge < -0.3 is 10.1 Å². The molecule has 2 aromatic heterocycles. The third-order valence-electron chi connectivity index (χ3n) is 4.39. The van der Waals surface area contributed by atoms with Gasteiger partial charge in [0.25, 0.3) is 10.0 Å². The van der Waals surface area contributed by atoms with E-state index in [1.54, 1.807) is 60.4 Å². The van der Waals surface area contributed by atoms with Crippen LogP contribution in [-0.2, 0) is 10.0 Å². The van der Waals surface area contributed by atoms with Gasteiger partial charge in [-0.2, -0.15) is 5.10 Å². The molecule has 2 aromatic carbocycles. The van der Waals surface area contributed by atoms with Crippen LogP contribution in [0.25, 0.3) is 5.82 Å². The number of rotatable bonds is 7. The fraction of sp³-hybridized carbons (Fsp3) is 0.0952. The second kappa shape index (κ2) is 8.85. The summed E-state index contributed by atoms with van der Waals surface area (Å²) in [4.78, 5) is 8.72. The minimum atomic E-state index is -3.90. The number of aromatic nitrogens is 4. The molecule has 0 atom stereocenters. The standard InChI is InChI=1S/C21H19ClN6O3S/c1-14-24-20(13-21(25-14)28-11-3-10-23-28)26-16-5-7-17(8-6-16)27-32(29,30)19-12-15(22)4-9-18(19)31-2/h3-13,27H,1-2H3,(H,24,25,26). The average molecular weight is 471 g/mol. The molecule has 0 aliphatic heterocycles. The van der Waals surface area contributed by atoms with E-state index >= 15 is 0 Å². The Labute approximate surface area is 190 Å². The average Bonchev–Trinajstić information content (AvgIpc) is 3.30. The molecule has 0 unspecified atom stereocenters. The molecule has 0 amide bonds. The fourth-order valence-corrected chi connectivity index (χ4v) is 4.47. The molecule has 0 fully saturated rings. The molecule has 32 heavy (non-hydrogen) atoms. The van der Waals surface area contributed by atoms with Gasteiger partial charge in [0.05, 0.1) is 7.11 Å². The molecular formula is C21H19ClN6O3S.